The molecule has 0 saturated heterocycles. The molecule has 0 aromatic heterocycles. The van der Waals surface area contributed by atoms with Crippen molar-refractivity contribution in [2.45, 2.75) is 13.3 Å². The van der Waals surface area contributed by atoms with Crippen molar-refractivity contribution in [3.05, 3.63) is 0 Å². The summed E-state index contributed by atoms with van der Waals surface area (Å²) in [7, 11) is -0.861. The molecule has 7 heteroatoms. The quantitative estimate of drug-likeness (QED) is 0.616. The van der Waals surface area contributed by atoms with Gasteiger partial charge >= 0.3 is 12.0 Å². The summed E-state index contributed by atoms with van der Waals surface area (Å²) in [5.41, 5.74) is 0. The molecule has 0 aliphatic carbocycles. The van der Waals surface area contributed by atoms with Crippen LogP contribution in [0.15, 0.2) is 0 Å². The molecule has 6 nitrogen and oxygen atoms in total. The Balaban J connectivity index is 3.84. The molecule has 0 bridgehead atoms. The molecule has 0 radical (unpaired) electrons. The van der Waals surface area contributed by atoms with Crippen LogP contribution in [0.3, 0.4) is 0 Å². The Morgan fingerprint density at radius 3 is 2.50 bits per heavy atom. The number of nitrogens with zero attached hydrogens (tertiary/aromatic N) is 1. The number of amides is 2. The van der Waals surface area contributed by atoms with Crippen molar-refractivity contribution in [2.24, 2.45) is 0 Å². The zero-order chi connectivity index (χ0) is 12.6. The maximum absolute atomic E-state index is 11.4. The van der Waals surface area contributed by atoms with Crippen molar-refractivity contribution in [3.8, 4) is 0 Å². The second kappa shape index (κ2) is 8.09. The van der Waals surface area contributed by atoms with E-state index >= 15 is 0 Å². The monoisotopic (exact) mass is 250 g/mol. The van der Waals surface area contributed by atoms with Gasteiger partial charge < -0.3 is 15.3 Å². The van der Waals surface area contributed by atoms with E-state index < -0.39 is 22.8 Å². The fraction of sp³-hybridized carbons (Fsp3) is 0.778. The largest absolute Gasteiger partial charge is 0.480 e. The standard InChI is InChI=1S/C9H18N2O4S/c1-3-11(7-8(12)13)9(14)10-5-4-6-16(2)15/h3-7H2,1-2H3,(H,10,14)(H,12,13). The molecule has 0 aromatic rings. The lowest BCUT2D eigenvalue weighted by Crippen LogP contribution is -2.43. The van der Waals surface area contributed by atoms with E-state index in [4.69, 9.17) is 5.11 Å². The van der Waals surface area contributed by atoms with E-state index in [1.54, 1.807) is 13.2 Å². The SMILES string of the molecule is CCN(CC(=O)O)C(=O)NCCCS(C)=O. The van der Waals surface area contributed by atoms with E-state index in [9.17, 15) is 13.8 Å². The number of carboxylic acids is 1. The number of likely N-dealkylation sites (N-methyl/N-ethyl adjacent to an activating group) is 1. The number of aliphatic carboxylic acids is 1. The van der Waals surface area contributed by atoms with E-state index in [0.29, 0.717) is 25.3 Å². The first-order chi connectivity index (χ1) is 7.47. The molecule has 2 amide bonds. The second-order valence-electron chi connectivity index (χ2n) is 3.27. The van der Waals surface area contributed by atoms with Crippen LogP contribution in [0, 0.1) is 0 Å². The smallest absolute Gasteiger partial charge is 0.323 e. The number of hydrogen-bond acceptors (Lipinski definition) is 3. The molecule has 16 heavy (non-hydrogen) atoms. The van der Waals surface area contributed by atoms with Gasteiger partial charge in [0.05, 0.1) is 0 Å². The van der Waals surface area contributed by atoms with Crippen LogP contribution in [0.4, 0.5) is 4.79 Å². The average molecular weight is 250 g/mol. The fourth-order valence-electron chi connectivity index (χ4n) is 1.07. The van der Waals surface area contributed by atoms with Crippen LogP contribution >= 0.6 is 0 Å². The lowest BCUT2D eigenvalue weighted by molar-refractivity contribution is -0.137. The predicted octanol–water partition coefficient (Wildman–Crippen LogP) is -0.129. The number of rotatable bonds is 7. The summed E-state index contributed by atoms with van der Waals surface area (Å²) in [6.45, 7) is 2.16. The molecule has 1 atom stereocenters. The molecular formula is C9H18N2O4S. The maximum Gasteiger partial charge on any atom is 0.323 e. The third-order valence-electron chi connectivity index (χ3n) is 1.88. The normalized spacial score (nSPS) is 11.9. The van der Waals surface area contributed by atoms with Gasteiger partial charge in [-0.1, -0.05) is 0 Å². The van der Waals surface area contributed by atoms with Crippen molar-refractivity contribution in [2.75, 3.05) is 31.6 Å². The van der Waals surface area contributed by atoms with Gasteiger partial charge in [-0.05, 0) is 13.3 Å². The maximum atomic E-state index is 11.4. The summed E-state index contributed by atoms with van der Waals surface area (Å²) in [5, 5.41) is 11.1. The Morgan fingerprint density at radius 1 is 1.44 bits per heavy atom. The summed E-state index contributed by atoms with van der Waals surface area (Å²) < 4.78 is 10.7. The second-order valence-corrected chi connectivity index (χ2v) is 4.83. The van der Waals surface area contributed by atoms with E-state index in [2.05, 4.69) is 5.32 Å². The van der Waals surface area contributed by atoms with E-state index in [1.165, 1.54) is 4.90 Å². The van der Waals surface area contributed by atoms with Crippen LogP contribution in [0.25, 0.3) is 0 Å². The molecule has 2 N–H and O–H groups in total. The highest BCUT2D eigenvalue weighted by molar-refractivity contribution is 7.84. The van der Waals surface area contributed by atoms with Gasteiger partial charge in [0.1, 0.15) is 6.54 Å². The van der Waals surface area contributed by atoms with Crippen LogP contribution < -0.4 is 5.32 Å². The fourth-order valence-corrected chi connectivity index (χ4v) is 1.62. The van der Waals surface area contributed by atoms with Gasteiger partial charge in [0.15, 0.2) is 0 Å². The van der Waals surface area contributed by atoms with E-state index in [-0.39, 0.29) is 6.54 Å². The van der Waals surface area contributed by atoms with Crippen LogP contribution in [0.1, 0.15) is 13.3 Å². The Morgan fingerprint density at radius 2 is 2.06 bits per heavy atom. The molecule has 0 rings (SSSR count). The highest BCUT2D eigenvalue weighted by atomic mass is 32.2. The molecule has 0 aromatic carbocycles. The highest BCUT2D eigenvalue weighted by Gasteiger charge is 2.13. The summed E-state index contributed by atoms with van der Waals surface area (Å²) in [5.74, 6) is -0.502. The number of carbonyl (C=O) groups is 2. The first-order valence-corrected chi connectivity index (χ1v) is 6.74. The molecule has 1 unspecified atom stereocenters. The van der Waals surface area contributed by atoms with Crippen molar-refractivity contribution in [1.29, 1.82) is 0 Å². The Hall–Kier alpha value is -1.11. The molecule has 0 fully saturated rings. The van der Waals surface area contributed by atoms with Crippen LogP contribution in [-0.4, -0.2) is 57.9 Å². The lowest BCUT2D eigenvalue weighted by Gasteiger charge is -2.18. The predicted molar refractivity (Wildman–Crippen MR) is 61.8 cm³/mol. The third kappa shape index (κ3) is 7.22. The van der Waals surface area contributed by atoms with E-state index in [0.717, 1.165) is 0 Å². The van der Waals surface area contributed by atoms with Crippen LogP contribution in [0.5, 0.6) is 0 Å². The molecular weight excluding hydrogens is 232 g/mol. The van der Waals surface area contributed by atoms with Gasteiger partial charge in [0.2, 0.25) is 0 Å². The third-order valence-corrected chi connectivity index (χ3v) is 2.74. The van der Waals surface area contributed by atoms with E-state index in [1.807, 2.05) is 0 Å². The first-order valence-electron chi connectivity index (χ1n) is 5.02. The molecule has 0 heterocycles. The lowest BCUT2D eigenvalue weighted by atomic mass is 10.4. The van der Waals surface area contributed by atoms with Crippen molar-refractivity contribution in [1.82, 2.24) is 10.2 Å². The molecule has 94 valence electrons. The summed E-state index contributed by atoms with van der Waals surface area (Å²) in [6.07, 6.45) is 2.23. The minimum atomic E-state index is -1.04. The number of hydrogen-bond donors (Lipinski definition) is 2. The average Bonchev–Trinajstić information content (AvgIpc) is 2.20. The number of urea groups is 1. The highest BCUT2D eigenvalue weighted by Crippen LogP contribution is 1.90. The van der Waals surface area contributed by atoms with Crippen molar-refractivity contribution >= 4 is 22.8 Å². The Labute approximate surface area is 97.5 Å². The molecule has 0 aliphatic rings. The minimum absolute atomic E-state index is 0.304. The van der Waals surface area contributed by atoms with Crippen LogP contribution in [-0.2, 0) is 15.6 Å². The van der Waals surface area contributed by atoms with Gasteiger partial charge in [-0.15, -0.1) is 0 Å². The molecule has 0 aliphatic heterocycles. The minimum Gasteiger partial charge on any atom is -0.480 e. The topological polar surface area (TPSA) is 86.7 Å². The van der Waals surface area contributed by atoms with Gasteiger partial charge in [0, 0.05) is 35.9 Å². The summed E-state index contributed by atoms with van der Waals surface area (Å²) >= 11 is 0. The zero-order valence-electron chi connectivity index (χ0n) is 9.56. The number of carbonyl (C=O) groups excluding carboxylic acids is 1. The number of nitrogens with one attached hydrogen (secondary N) is 1. The first kappa shape index (κ1) is 14.9. The van der Waals surface area contributed by atoms with Crippen molar-refractivity contribution < 1.29 is 18.9 Å². The van der Waals surface area contributed by atoms with Gasteiger partial charge in [-0.2, -0.15) is 0 Å². The number of carboxylic acid groups (broad SMARTS) is 1. The summed E-state index contributed by atoms with van der Waals surface area (Å²) in [4.78, 5) is 23.1. The van der Waals surface area contributed by atoms with Crippen molar-refractivity contribution in [3.63, 3.8) is 0 Å². The Bertz CT molecular complexity index is 270. The molecule has 0 saturated carbocycles. The van der Waals surface area contributed by atoms with Crippen LogP contribution in [0.2, 0.25) is 0 Å². The Kier molecular flexibility index (Phi) is 7.53. The molecule has 0 spiro atoms. The van der Waals surface area contributed by atoms with Gasteiger partial charge in [0.25, 0.3) is 0 Å². The summed E-state index contributed by atoms with van der Waals surface area (Å²) in [6, 6.07) is -0.396. The van der Waals surface area contributed by atoms with Gasteiger partial charge in [-0.25, -0.2) is 4.79 Å². The zero-order valence-corrected chi connectivity index (χ0v) is 10.4. The van der Waals surface area contributed by atoms with Gasteiger partial charge in [-0.3, -0.25) is 9.00 Å².